The molecule has 21 heavy (non-hydrogen) atoms. The largest absolute Gasteiger partial charge is 0.501 e. The van der Waals surface area contributed by atoms with Crippen molar-refractivity contribution in [1.82, 2.24) is 0 Å². The SMILES string of the molecule is NC1CCCN(c2ccc(F)cc2S(=O)(=O)C(F)(F)F)C1. The van der Waals surface area contributed by atoms with E-state index in [1.807, 2.05) is 0 Å². The van der Waals surface area contributed by atoms with Crippen molar-refractivity contribution < 1.29 is 26.0 Å². The number of benzene rings is 1. The molecule has 1 aliphatic rings. The Morgan fingerprint density at radius 3 is 2.52 bits per heavy atom. The Labute approximate surface area is 119 Å². The Balaban J connectivity index is 2.53. The minimum atomic E-state index is -5.62. The van der Waals surface area contributed by atoms with Crippen LogP contribution in [0.5, 0.6) is 0 Å². The molecule has 1 aliphatic heterocycles. The number of hydrogen-bond donors (Lipinski definition) is 1. The molecule has 9 heteroatoms. The Bertz CT molecular complexity index is 631. The second-order valence-corrected chi connectivity index (χ2v) is 6.82. The zero-order chi connectivity index (χ0) is 15.8. The highest BCUT2D eigenvalue weighted by atomic mass is 32.2. The van der Waals surface area contributed by atoms with E-state index in [0.717, 1.165) is 12.1 Å². The molecule has 4 nitrogen and oxygen atoms in total. The van der Waals surface area contributed by atoms with Gasteiger partial charge in [0.15, 0.2) is 0 Å². The molecule has 1 atom stereocenters. The number of halogens is 4. The average molecular weight is 326 g/mol. The maximum Gasteiger partial charge on any atom is 0.501 e. The number of alkyl halides is 3. The van der Waals surface area contributed by atoms with Crippen LogP contribution < -0.4 is 10.6 Å². The second kappa shape index (κ2) is 5.45. The van der Waals surface area contributed by atoms with Crippen molar-refractivity contribution in [3.8, 4) is 0 Å². The van der Waals surface area contributed by atoms with Gasteiger partial charge in [0.05, 0.1) is 5.69 Å². The lowest BCUT2D eigenvalue weighted by Crippen LogP contribution is -2.43. The number of anilines is 1. The lowest BCUT2D eigenvalue weighted by atomic mass is 10.1. The lowest BCUT2D eigenvalue weighted by Gasteiger charge is -2.33. The van der Waals surface area contributed by atoms with E-state index in [9.17, 15) is 26.0 Å². The summed E-state index contributed by atoms with van der Waals surface area (Å²) in [6.07, 6.45) is 1.34. The van der Waals surface area contributed by atoms with E-state index in [2.05, 4.69) is 0 Å². The zero-order valence-corrected chi connectivity index (χ0v) is 11.7. The Kier molecular flexibility index (Phi) is 4.16. The number of nitrogens with two attached hydrogens (primary N) is 1. The van der Waals surface area contributed by atoms with Crippen molar-refractivity contribution in [2.75, 3.05) is 18.0 Å². The van der Waals surface area contributed by atoms with Gasteiger partial charge in [0.2, 0.25) is 0 Å². The van der Waals surface area contributed by atoms with Crippen LogP contribution in [0.3, 0.4) is 0 Å². The first-order valence-electron chi connectivity index (χ1n) is 6.24. The molecule has 0 aliphatic carbocycles. The van der Waals surface area contributed by atoms with Crippen LogP contribution in [0.4, 0.5) is 23.2 Å². The number of hydrogen-bond acceptors (Lipinski definition) is 4. The topological polar surface area (TPSA) is 63.4 Å². The van der Waals surface area contributed by atoms with Gasteiger partial charge >= 0.3 is 5.51 Å². The van der Waals surface area contributed by atoms with Crippen LogP contribution >= 0.6 is 0 Å². The van der Waals surface area contributed by atoms with E-state index in [1.54, 1.807) is 0 Å². The minimum absolute atomic E-state index is 0.163. The van der Waals surface area contributed by atoms with Gasteiger partial charge in [-0.25, -0.2) is 12.8 Å². The van der Waals surface area contributed by atoms with Gasteiger partial charge in [-0.3, -0.25) is 0 Å². The molecular weight excluding hydrogens is 312 g/mol. The first-order valence-corrected chi connectivity index (χ1v) is 7.72. The zero-order valence-electron chi connectivity index (χ0n) is 10.9. The maximum absolute atomic E-state index is 13.2. The van der Waals surface area contributed by atoms with Gasteiger partial charge in [-0.1, -0.05) is 0 Å². The first-order chi connectivity index (χ1) is 9.63. The highest BCUT2D eigenvalue weighted by Crippen LogP contribution is 2.37. The van der Waals surface area contributed by atoms with E-state index in [0.29, 0.717) is 25.5 Å². The van der Waals surface area contributed by atoms with Crippen LogP contribution in [-0.2, 0) is 9.84 Å². The first kappa shape index (κ1) is 16.0. The fourth-order valence-corrected chi connectivity index (χ4v) is 3.31. The number of piperidine rings is 1. The third kappa shape index (κ3) is 3.13. The van der Waals surface area contributed by atoms with Crippen molar-refractivity contribution >= 4 is 15.5 Å². The molecule has 2 N–H and O–H groups in total. The van der Waals surface area contributed by atoms with Crippen molar-refractivity contribution in [1.29, 1.82) is 0 Å². The Morgan fingerprint density at radius 1 is 1.29 bits per heavy atom. The highest BCUT2D eigenvalue weighted by Gasteiger charge is 2.48. The molecule has 0 amide bonds. The Hall–Kier alpha value is -1.35. The van der Waals surface area contributed by atoms with Gasteiger partial charge in [0.25, 0.3) is 9.84 Å². The van der Waals surface area contributed by atoms with Crippen LogP contribution in [-0.4, -0.2) is 33.1 Å². The van der Waals surface area contributed by atoms with E-state index >= 15 is 0 Å². The van der Waals surface area contributed by atoms with Gasteiger partial charge in [-0.15, -0.1) is 0 Å². The molecule has 1 saturated heterocycles. The molecule has 118 valence electrons. The fourth-order valence-electron chi connectivity index (χ4n) is 2.32. The summed E-state index contributed by atoms with van der Waals surface area (Å²) in [4.78, 5) is 0.385. The fraction of sp³-hybridized carbons (Fsp3) is 0.500. The standard InChI is InChI=1S/C12H14F4N2O2S/c13-8-3-4-10(18-5-1-2-9(17)7-18)11(6-8)21(19,20)12(14,15)16/h3-4,6,9H,1-2,5,7,17H2. The molecular formula is C12H14F4N2O2S. The number of sulfone groups is 1. The summed E-state index contributed by atoms with van der Waals surface area (Å²) in [5.41, 5.74) is 0.108. The third-order valence-corrected chi connectivity index (χ3v) is 4.83. The second-order valence-electron chi connectivity index (χ2n) is 4.91. The average Bonchev–Trinajstić information content (AvgIpc) is 2.37. The molecule has 1 heterocycles. The summed E-state index contributed by atoms with van der Waals surface area (Å²) in [6.45, 7) is 0.603. The molecule has 0 radical (unpaired) electrons. The van der Waals surface area contributed by atoms with E-state index < -0.39 is 26.1 Å². The van der Waals surface area contributed by atoms with Crippen LogP contribution in [0, 0.1) is 5.82 Å². The van der Waals surface area contributed by atoms with Crippen LogP contribution in [0.2, 0.25) is 0 Å². The van der Waals surface area contributed by atoms with Crippen molar-refractivity contribution in [3.05, 3.63) is 24.0 Å². The molecule has 0 spiro atoms. The Morgan fingerprint density at radius 2 is 1.95 bits per heavy atom. The van der Waals surface area contributed by atoms with Gasteiger partial charge in [-0.2, -0.15) is 13.2 Å². The van der Waals surface area contributed by atoms with E-state index in [4.69, 9.17) is 5.73 Å². The highest BCUT2D eigenvalue weighted by molar-refractivity contribution is 7.92. The third-order valence-electron chi connectivity index (χ3n) is 3.31. The molecule has 1 unspecified atom stereocenters. The van der Waals surface area contributed by atoms with Crippen molar-refractivity contribution in [2.45, 2.75) is 29.3 Å². The lowest BCUT2D eigenvalue weighted by molar-refractivity contribution is -0.0435. The van der Waals surface area contributed by atoms with E-state index in [1.165, 1.54) is 4.90 Å². The summed E-state index contributed by atoms with van der Waals surface area (Å²) in [5, 5.41) is 0. The number of nitrogens with zero attached hydrogens (tertiary/aromatic N) is 1. The predicted molar refractivity (Wildman–Crippen MR) is 69.1 cm³/mol. The van der Waals surface area contributed by atoms with Crippen LogP contribution in [0.25, 0.3) is 0 Å². The van der Waals surface area contributed by atoms with Gasteiger partial charge < -0.3 is 10.6 Å². The molecule has 0 aromatic heterocycles. The predicted octanol–water partition coefficient (Wildman–Crippen LogP) is 2.05. The number of rotatable bonds is 2. The van der Waals surface area contributed by atoms with Crippen molar-refractivity contribution in [3.63, 3.8) is 0 Å². The van der Waals surface area contributed by atoms with Crippen LogP contribution in [0.15, 0.2) is 23.1 Å². The summed E-state index contributed by atoms with van der Waals surface area (Å²) in [7, 11) is -5.62. The quantitative estimate of drug-likeness (QED) is 0.845. The monoisotopic (exact) mass is 326 g/mol. The van der Waals surface area contributed by atoms with Gasteiger partial charge in [0, 0.05) is 19.1 Å². The molecule has 1 fully saturated rings. The molecule has 0 saturated carbocycles. The van der Waals surface area contributed by atoms with E-state index in [-0.39, 0.29) is 18.3 Å². The summed E-state index contributed by atoms with van der Waals surface area (Å²) < 4.78 is 74.6. The molecule has 0 bridgehead atoms. The molecule has 1 aromatic carbocycles. The van der Waals surface area contributed by atoms with Crippen molar-refractivity contribution in [2.24, 2.45) is 5.73 Å². The molecule has 2 rings (SSSR count). The maximum atomic E-state index is 13.2. The summed E-state index contributed by atoms with van der Waals surface area (Å²) >= 11 is 0. The minimum Gasteiger partial charge on any atom is -0.369 e. The molecule has 1 aromatic rings. The summed E-state index contributed by atoms with van der Waals surface area (Å²) in [5.74, 6) is -1.04. The summed E-state index contributed by atoms with van der Waals surface area (Å²) in [6, 6.07) is 2.13. The van der Waals surface area contributed by atoms with Gasteiger partial charge in [0.1, 0.15) is 10.7 Å². The van der Waals surface area contributed by atoms with Gasteiger partial charge in [-0.05, 0) is 31.0 Å². The normalized spacial score (nSPS) is 20.6. The smallest absolute Gasteiger partial charge is 0.369 e. The van der Waals surface area contributed by atoms with Crippen LogP contribution in [0.1, 0.15) is 12.8 Å².